The Balaban J connectivity index is 2.69. The van der Waals surface area contributed by atoms with Crippen molar-refractivity contribution in [2.75, 3.05) is 0 Å². The standard InChI is InChI=1S/C10H15N/c1-3-9-4-6-10(7-5-9)8(2)11/h4,6,11H,3,5,7H2,1-2H3. The molecule has 0 radical (unpaired) electrons. The van der Waals surface area contributed by atoms with E-state index in [0.29, 0.717) is 0 Å². The van der Waals surface area contributed by atoms with Crippen molar-refractivity contribution in [3.63, 3.8) is 0 Å². The molecule has 0 aliphatic heterocycles. The van der Waals surface area contributed by atoms with Gasteiger partial charge in [-0.05, 0) is 31.8 Å². The Labute approximate surface area is 68.3 Å². The highest BCUT2D eigenvalue weighted by Gasteiger charge is 2.05. The van der Waals surface area contributed by atoms with E-state index in [4.69, 9.17) is 5.41 Å². The predicted molar refractivity (Wildman–Crippen MR) is 49.1 cm³/mol. The first-order chi connectivity index (χ1) is 5.24. The van der Waals surface area contributed by atoms with Gasteiger partial charge in [-0.25, -0.2) is 0 Å². The van der Waals surface area contributed by atoms with Gasteiger partial charge in [-0.3, -0.25) is 0 Å². The molecule has 0 unspecified atom stereocenters. The summed E-state index contributed by atoms with van der Waals surface area (Å²) in [4.78, 5) is 0. The molecule has 0 spiro atoms. The highest BCUT2D eigenvalue weighted by atomic mass is 14.4. The SMILES string of the molecule is CCC1=CC=C(C(C)=N)CC1. The highest BCUT2D eigenvalue weighted by Crippen LogP contribution is 2.20. The molecule has 0 fully saturated rings. The van der Waals surface area contributed by atoms with Gasteiger partial charge in [0, 0.05) is 5.71 Å². The molecule has 1 nitrogen and oxygen atoms in total. The van der Waals surface area contributed by atoms with Gasteiger partial charge in [-0.15, -0.1) is 0 Å². The van der Waals surface area contributed by atoms with Crippen LogP contribution in [0.2, 0.25) is 0 Å². The fraction of sp³-hybridized carbons (Fsp3) is 0.500. The van der Waals surface area contributed by atoms with Crippen molar-refractivity contribution in [3.05, 3.63) is 23.3 Å². The summed E-state index contributed by atoms with van der Waals surface area (Å²) in [6.07, 6.45) is 7.62. The van der Waals surface area contributed by atoms with E-state index in [9.17, 15) is 0 Å². The Morgan fingerprint density at radius 2 is 2.18 bits per heavy atom. The van der Waals surface area contributed by atoms with Crippen LogP contribution < -0.4 is 0 Å². The third-order valence-electron chi connectivity index (χ3n) is 2.17. The molecule has 1 heteroatoms. The largest absolute Gasteiger partial charge is 0.305 e. The molecule has 0 aromatic carbocycles. The average molecular weight is 149 g/mol. The topological polar surface area (TPSA) is 23.9 Å². The van der Waals surface area contributed by atoms with Gasteiger partial charge in [0.2, 0.25) is 0 Å². The summed E-state index contributed by atoms with van der Waals surface area (Å²) in [5, 5.41) is 7.41. The number of hydrogen-bond donors (Lipinski definition) is 1. The normalized spacial score (nSPS) is 17.3. The van der Waals surface area contributed by atoms with Crippen LogP contribution in [0.25, 0.3) is 0 Å². The minimum absolute atomic E-state index is 0.719. The van der Waals surface area contributed by atoms with Crippen molar-refractivity contribution in [3.8, 4) is 0 Å². The smallest absolute Gasteiger partial charge is 0.0315 e. The van der Waals surface area contributed by atoms with Gasteiger partial charge in [0.15, 0.2) is 0 Å². The fourth-order valence-corrected chi connectivity index (χ4v) is 1.29. The van der Waals surface area contributed by atoms with Crippen LogP contribution in [0.4, 0.5) is 0 Å². The lowest BCUT2D eigenvalue weighted by atomic mass is 9.95. The molecule has 0 amide bonds. The third-order valence-corrected chi connectivity index (χ3v) is 2.17. The summed E-state index contributed by atoms with van der Waals surface area (Å²) < 4.78 is 0. The van der Waals surface area contributed by atoms with Crippen molar-refractivity contribution in [2.45, 2.75) is 33.1 Å². The first-order valence-electron chi connectivity index (χ1n) is 4.18. The minimum atomic E-state index is 0.719. The Bertz CT molecular complexity index is 221. The summed E-state index contributed by atoms with van der Waals surface area (Å²) in [7, 11) is 0. The molecular weight excluding hydrogens is 134 g/mol. The zero-order valence-corrected chi connectivity index (χ0v) is 7.28. The minimum Gasteiger partial charge on any atom is -0.305 e. The zero-order chi connectivity index (χ0) is 8.27. The molecule has 0 saturated heterocycles. The van der Waals surface area contributed by atoms with Gasteiger partial charge < -0.3 is 5.41 Å². The van der Waals surface area contributed by atoms with Crippen LogP contribution in [-0.4, -0.2) is 5.71 Å². The number of allylic oxidation sites excluding steroid dienone is 4. The van der Waals surface area contributed by atoms with E-state index in [2.05, 4.69) is 19.1 Å². The lowest BCUT2D eigenvalue weighted by Gasteiger charge is -2.11. The van der Waals surface area contributed by atoms with E-state index < -0.39 is 0 Å². The lowest BCUT2D eigenvalue weighted by Crippen LogP contribution is -1.99. The molecule has 0 atom stereocenters. The van der Waals surface area contributed by atoms with Crippen molar-refractivity contribution in [1.82, 2.24) is 0 Å². The molecule has 60 valence electrons. The predicted octanol–water partition coefficient (Wildman–Crippen LogP) is 3.08. The maximum absolute atomic E-state index is 7.41. The van der Waals surface area contributed by atoms with Crippen molar-refractivity contribution in [1.29, 1.82) is 5.41 Å². The molecule has 0 aromatic rings. The van der Waals surface area contributed by atoms with Crippen molar-refractivity contribution < 1.29 is 0 Å². The summed E-state index contributed by atoms with van der Waals surface area (Å²) in [6.45, 7) is 4.04. The monoisotopic (exact) mass is 149 g/mol. The summed E-state index contributed by atoms with van der Waals surface area (Å²) in [6, 6.07) is 0. The van der Waals surface area contributed by atoms with Crippen LogP contribution in [0.15, 0.2) is 23.3 Å². The first-order valence-corrected chi connectivity index (χ1v) is 4.18. The molecule has 1 N–H and O–H groups in total. The average Bonchev–Trinajstić information content (AvgIpc) is 2.05. The fourth-order valence-electron chi connectivity index (χ4n) is 1.29. The zero-order valence-electron chi connectivity index (χ0n) is 7.28. The summed E-state index contributed by atoms with van der Waals surface area (Å²) in [5.74, 6) is 0. The van der Waals surface area contributed by atoms with Gasteiger partial charge in [0.1, 0.15) is 0 Å². The Hall–Kier alpha value is -0.850. The molecular formula is C10H15N. The summed E-state index contributed by atoms with van der Waals surface area (Å²) >= 11 is 0. The van der Waals surface area contributed by atoms with Crippen LogP contribution in [0, 0.1) is 5.41 Å². The maximum atomic E-state index is 7.41. The highest BCUT2D eigenvalue weighted by molar-refractivity contribution is 5.96. The number of nitrogens with one attached hydrogen (secondary N) is 1. The van der Waals surface area contributed by atoms with Crippen LogP contribution >= 0.6 is 0 Å². The second-order valence-corrected chi connectivity index (χ2v) is 3.00. The van der Waals surface area contributed by atoms with Crippen molar-refractivity contribution >= 4 is 5.71 Å². The third kappa shape index (κ3) is 2.04. The van der Waals surface area contributed by atoms with Crippen LogP contribution in [0.3, 0.4) is 0 Å². The maximum Gasteiger partial charge on any atom is 0.0315 e. The van der Waals surface area contributed by atoms with Gasteiger partial charge in [-0.2, -0.15) is 0 Å². The summed E-state index contributed by atoms with van der Waals surface area (Å²) in [5.41, 5.74) is 3.42. The van der Waals surface area contributed by atoms with E-state index in [1.807, 2.05) is 6.92 Å². The number of hydrogen-bond acceptors (Lipinski definition) is 1. The van der Waals surface area contributed by atoms with Gasteiger partial charge >= 0.3 is 0 Å². The second kappa shape index (κ2) is 3.51. The molecule has 1 rings (SSSR count). The van der Waals surface area contributed by atoms with Gasteiger partial charge in [-0.1, -0.05) is 24.6 Å². The molecule has 1 aliphatic rings. The molecule has 0 heterocycles. The van der Waals surface area contributed by atoms with Crippen LogP contribution in [0.1, 0.15) is 33.1 Å². The van der Waals surface area contributed by atoms with Crippen LogP contribution in [-0.2, 0) is 0 Å². The Kier molecular flexibility index (Phi) is 2.64. The van der Waals surface area contributed by atoms with Gasteiger partial charge in [0.05, 0.1) is 0 Å². The van der Waals surface area contributed by atoms with E-state index >= 15 is 0 Å². The quantitative estimate of drug-likeness (QED) is 0.583. The number of rotatable bonds is 2. The molecule has 0 bridgehead atoms. The van der Waals surface area contributed by atoms with Crippen molar-refractivity contribution in [2.24, 2.45) is 0 Å². The van der Waals surface area contributed by atoms with Gasteiger partial charge in [0.25, 0.3) is 0 Å². The first kappa shape index (κ1) is 8.25. The molecule has 0 saturated carbocycles. The van der Waals surface area contributed by atoms with E-state index in [-0.39, 0.29) is 0 Å². The lowest BCUT2D eigenvalue weighted by molar-refractivity contribution is 0.877. The van der Waals surface area contributed by atoms with E-state index in [1.165, 1.54) is 11.1 Å². The van der Waals surface area contributed by atoms with E-state index in [1.54, 1.807) is 0 Å². The Morgan fingerprint density at radius 1 is 1.45 bits per heavy atom. The molecule has 1 aliphatic carbocycles. The van der Waals surface area contributed by atoms with Crippen LogP contribution in [0.5, 0.6) is 0 Å². The Morgan fingerprint density at radius 3 is 2.55 bits per heavy atom. The molecule has 0 aromatic heterocycles. The van der Waals surface area contributed by atoms with E-state index in [0.717, 1.165) is 25.0 Å². The second-order valence-electron chi connectivity index (χ2n) is 3.00. The molecule has 11 heavy (non-hydrogen) atoms.